The fourth-order valence-electron chi connectivity index (χ4n) is 3.48. The van der Waals surface area contributed by atoms with Crippen LogP contribution >= 0.6 is 0 Å². The number of nitrogens with one attached hydrogen (secondary N) is 1. The number of carbonyl (C=O) groups is 1. The smallest absolute Gasteiger partial charge is 0.293 e. The normalized spacial score (nSPS) is 22.4. The third-order valence-corrected chi connectivity index (χ3v) is 4.51. The molecule has 5 nitrogen and oxygen atoms in total. The van der Waals surface area contributed by atoms with Crippen LogP contribution in [0.2, 0.25) is 0 Å². The lowest BCUT2D eigenvalue weighted by Crippen LogP contribution is -2.17. The minimum Gasteiger partial charge on any atom is -0.320 e. The first-order valence-corrected chi connectivity index (χ1v) is 7.25. The molecule has 1 aromatic carbocycles. The van der Waals surface area contributed by atoms with E-state index in [9.17, 15) is 14.9 Å². The first kappa shape index (κ1) is 13.1. The number of para-hydroxylation sites is 1. The lowest BCUT2D eigenvalue weighted by Gasteiger charge is -2.23. The molecule has 1 aliphatic carbocycles. The molecule has 0 radical (unpaired) electrons. The fourth-order valence-corrected chi connectivity index (χ4v) is 3.48. The Morgan fingerprint density at radius 2 is 2.00 bits per heavy atom. The molecule has 2 aliphatic rings. The van der Waals surface area contributed by atoms with E-state index in [1.807, 2.05) is 6.07 Å². The third-order valence-electron chi connectivity index (χ3n) is 4.51. The van der Waals surface area contributed by atoms with Crippen molar-refractivity contribution in [3.8, 4) is 0 Å². The van der Waals surface area contributed by atoms with E-state index in [1.54, 1.807) is 6.07 Å². The first-order valence-electron chi connectivity index (χ1n) is 7.25. The van der Waals surface area contributed by atoms with Gasteiger partial charge in [-0.25, -0.2) is 0 Å². The third kappa shape index (κ3) is 2.28. The molecular formula is C15H18N2O3. The van der Waals surface area contributed by atoms with Gasteiger partial charge in [-0.3, -0.25) is 14.9 Å². The van der Waals surface area contributed by atoms with E-state index in [2.05, 4.69) is 5.32 Å². The molecule has 1 fully saturated rings. The van der Waals surface area contributed by atoms with Gasteiger partial charge in [-0.15, -0.1) is 0 Å². The van der Waals surface area contributed by atoms with E-state index in [-0.39, 0.29) is 17.5 Å². The molecule has 106 valence electrons. The van der Waals surface area contributed by atoms with Crippen molar-refractivity contribution in [1.29, 1.82) is 0 Å². The molecule has 20 heavy (non-hydrogen) atoms. The summed E-state index contributed by atoms with van der Waals surface area (Å²) in [6.07, 6.45) is 6.93. The van der Waals surface area contributed by atoms with Crippen LogP contribution in [0, 0.1) is 16.0 Å². The van der Waals surface area contributed by atoms with Crippen LogP contribution in [0.5, 0.6) is 0 Å². The van der Waals surface area contributed by atoms with E-state index in [0.29, 0.717) is 11.6 Å². The number of benzene rings is 1. The molecule has 1 atom stereocenters. The molecule has 0 spiro atoms. The number of carbonyl (C=O) groups excluding carboxylic acids is 1. The highest BCUT2D eigenvalue weighted by atomic mass is 16.6. The highest BCUT2D eigenvalue weighted by Crippen LogP contribution is 2.43. The summed E-state index contributed by atoms with van der Waals surface area (Å²) < 4.78 is 0. The van der Waals surface area contributed by atoms with Gasteiger partial charge in [-0.05, 0) is 17.9 Å². The number of nitro groups is 1. The number of nitrogens with zero attached hydrogens (tertiary/aromatic N) is 1. The molecule has 1 amide bonds. The summed E-state index contributed by atoms with van der Waals surface area (Å²) in [7, 11) is 0. The van der Waals surface area contributed by atoms with Gasteiger partial charge in [0.1, 0.15) is 5.69 Å². The molecule has 1 N–H and O–H groups in total. The fraction of sp³-hybridized carbons (Fsp3) is 0.533. The SMILES string of the molecule is O=C1Nc2c(cccc2[N+](=O)[O-])C1CC1CCCCC1. The minimum atomic E-state index is -0.428. The van der Waals surface area contributed by atoms with Crippen LogP contribution in [-0.4, -0.2) is 10.8 Å². The van der Waals surface area contributed by atoms with Crippen molar-refractivity contribution in [1.82, 2.24) is 0 Å². The maximum Gasteiger partial charge on any atom is 0.293 e. The number of nitro benzene ring substituents is 1. The van der Waals surface area contributed by atoms with E-state index < -0.39 is 4.92 Å². The standard InChI is InChI=1S/C15H18N2O3/c18-15-12(9-10-5-2-1-3-6-10)11-7-4-8-13(17(19)20)14(11)16-15/h4,7-8,10,12H,1-3,5-6,9H2,(H,16,18). The molecule has 1 saturated carbocycles. The summed E-state index contributed by atoms with van der Waals surface area (Å²) in [5, 5.41) is 13.7. The van der Waals surface area contributed by atoms with Gasteiger partial charge in [0.05, 0.1) is 10.8 Å². The summed E-state index contributed by atoms with van der Waals surface area (Å²) in [6, 6.07) is 4.96. The molecule has 1 unspecified atom stereocenters. The predicted molar refractivity (Wildman–Crippen MR) is 75.7 cm³/mol. The number of amides is 1. The van der Waals surface area contributed by atoms with Crippen LogP contribution in [0.1, 0.15) is 50.0 Å². The van der Waals surface area contributed by atoms with Crippen molar-refractivity contribution in [3.63, 3.8) is 0 Å². The Hall–Kier alpha value is -1.91. The van der Waals surface area contributed by atoms with Crippen molar-refractivity contribution < 1.29 is 9.72 Å². The molecule has 0 saturated heterocycles. The Morgan fingerprint density at radius 1 is 1.25 bits per heavy atom. The Kier molecular flexibility index (Phi) is 3.42. The van der Waals surface area contributed by atoms with E-state index in [4.69, 9.17) is 0 Å². The van der Waals surface area contributed by atoms with Crippen LogP contribution in [0.25, 0.3) is 0 Å². The lowest BCUT2D eigenvalue weighted by atomic mass is 9.81. The van der Waals surface area contributed by atoms with Crippen LogP contribution in [-0.2, 0) is 4.79 Å². The van der Waals surface area contributed by atoms with Gasteiger partial charge in [0.2, 0.25) is 5.91 Å². The van der Waals surface area contributed by atoms with Crippen molar-refractivity contribution in [2.24, 2.45) is 5.92 Å². The minimum absolute atomic E-state index is 0.00185. The van der Waals surface area contributed by atoms with Gasteiger partial charge in [0, 0.05) is 6.07 Å². The number of fused-ring (bicyclic) bond motifs is 1. The summed E-state index contributed by atoms with van der Waals surface area (Å²) >= 11 is 0. The zero-order chi connectivity index (χ0) is 14.1. The Bertz CT molecular complexity index is 550. The van der Waals surface area contributed by atoms with Gasteiger partial charge in [0.25, 0.3) is 5.69 Å². The molecule has 3 rings (SSSR count). The number of anilines is 1. The summed E-state index contributed by atoms with van der Waals surface area (Å²) in [4.78, 5) is 22.7. The maximum atomic E-state index is 12.1. The molecule has 1 heterocycles. The molecule has 0 aromatic heterocycles. The number of hydrogen-bond donors (Lipinski definition) is 1. The maximum absolute atomic E-state index is 12.1. The summed E-state index contributed by atoms with van der Waals surface area (Å²) in [6.45, 7) is 0. The number of rotatable bonds is 3. The quantitative estimate of drug-likeness (QED) is 0.676. The zero-order valence-corrected chi connectivity index (χ0v) is 11.3. The first-order chi connectivity index (χ1) is 9.66. The van der Waals surface area contributed by atoms with Crippen LogP contribution in [0.15, 0.2) is 18.2 Å². The van der Waals surface area contributed by atoms with Gasteiger partial charge >= 0.3 is 0 Å². The topological polar surface area (TPSA) is 72.2 Å². The molecule has 0 bridgehead atoms. The predicted octanol–water partition coefficient (Wildman–Crippen LogP) is 3.60. The second-order valence-corrected chi connectivity index (χ2v) is 5.78. The summed E-state index contributed by atoms with van der Waals surface area (Å²) in [5.74, 6) is 0.276. The highest BCUT2D eigenvalue weighted by molar-refractivity contribution is 6.05. The van der Waals surface area contributed by atoms with Crippen LogP contribution < -0.4 is 5.32 Å². The van der Waals surface area contributed by atoms with Gasteiger partial charge in [0.15, 0.2) is 0 Å². The monoisotopic (exact) mass is 274 g/mol. The van der Waals surface area contributed by atoms with Crippen molar-refractivity contribution >= 4 is 17.3 Å². The Balaban J connectivity index is 1.86. The van der Waals surface area contributed by atoms with Gasteiger partial charge in [-0.1, -0.05) is 44.2 Å². The molecule has 5 heteroatoms. The van der Waals surface area contributed by atoms with Gasteiger partial charge < -0.3 is 5.32 Å². The summed E-state index contributed by atoms with van der Waals surface area (Å²) in [5.41, 5.74) is 1.21. The van der Waals surface area contributed by atoms with E-state index >= 15 is 0 Å². The largest absolute Gasteiger partial charge is 0.320 e. The second kappa shape index (κ2) is 5.23. The molecule has 1 aliphatic heterocycles. The van der Waals surface area contributed by atoms with Crippen molar-refractivity contribution in [3.05, 3.63) is 33.9 Å². The Labute approximate surface area is 117 Å². The van der Waals surface area contributed by atoms with Crippen LogP contribution in [0.3, 0.4) is 0 Å². The average Bonchev–Trinajstić information content (AvgIpc) is 2.76. The molecular weight excluding hydrogens is 256 g/mol. The van der Waals surface area contributed by atoms with Crippen molar-refractivity contribution in [2.75, 3.05) is 5.32 Å². The van der Waals surface area contributed by atoms with Gasteiger partial charge in [-0.2, -0.15) is 0 Å². The number of hydrogen-bond acceptors (Lipinski definition) is 3. The van der Waals surface area contributed by atoms with Crippen molar-refractivity contribution in [2.45, 2.75) is 44.4 Å². The van der Waals surface area contributed by atoms with Crippen LogP contribution in [0.4, 0.5) is 11.4 Å². The lowest BCUT2D eigenvalue weighted by molar-refractivity contribution is -0.383. The second-order valence-electron chi connectivity index (χ2n) is 5.78. The van der Waals surface area contributed by atoms with E-state index in [0.717, 1.165) is 12.0 Å². The highest BCUT2D eigenvalue weighted by Gasteiger charge is 2.36. The average molecular weight is 274 g/mol. The zero-order valence-electron chi connectivity index (χ0n) is 11.3. The Morgan fingerprint density at radius 3 is 2.70 bits per heavy atom. The molecule has 1 aromatic rings. The van der Waals surface area contributed by atoms with E-state index in [1.165, 1.54) is 38.2 Å².